The van der Waals surface area contributed by atoms with E-state index in [4.69, 9.17) is 4.74 Å². The molecule has 2 rings (SSSR count). The molecule has 0 aromatic heterocycles. The largest absolute Gasteiger partial charge is 0.484 e. The molecule has 6 nitrogen and oxygen atoms in total. The topological polar surface area (TPSA) is 66.0 Å². The van der Waals surface area contributed by atoms with Gasteiger partial charge in [-0.2, -0.15) is 0 Å². The molecule has 0 aliphatic heterocycles. The second-order valence-corrected chi connectivity index (χ2v) is 6.46. The molecule has 0 atom stereocenters. The average Bonchev–Trinajstić information content (AvgIpc) is 2.69. The summed E-state index contributed by atoms with van der Waals surface area (Å²) in [4.78, 5) is 17.3. The standard InChI is InChI=1S/C21H27FN4O2/c1-23-21(24-11-10-16-6-4-8-18(22)12-16)25-14-17-7-5-9-19(13-17)28-15-20(27)26(2)3/h4-9,12-13H,10-11,14-15H2,1-3H3,(H2,23,24,25). The zero-order valence-electron chi connectivity index (χ0n) is 16.5. The first-order chi connectivity index (χ1) is 13.5. The molecule has 0 heterocycles. The van der Waals surface area contributed by atoms with Crippen LogP contribution in [0.4, 0.5) is 4.39 Å². The Kier molecular flexibility index (Phi) is 8.27. The first kappa shape index (κ1) is 21.2. The van der Waals surface area contributed by atoms with Crippen LogP contribution in [0.2, 0.25) is 0 Å². The van der Waals surface area contributed by atoms with E-state index in [-0.39, 0.29) is 18.3 Å². The minimum Gasteiger partial charge on any atom is -0.484 e. The van der Waals surface area contributed by atoms with Crippen molar-refractivity contribution in [1.82, 2.24) is 15.5 Å². The predicted octanol–water partition coefficient (Wildman–Crippen LogP) is 2.20. The van der Waals surface area contributed by atoms with Crippen molar-refractivity contribution >= 4 is 11.9 Å². The third-order valence-corrected chi connectivity index (χ3v) is 4.04. The number of nitrogens with zero attached hydrogens (tertiary/aromatic N) is 2. The third kappa shape index (κ3) is 7.26. The number of carbonyl (C=O) groups excluding carboxylic acids is 1. The molecule has 28 heavy (non-hydrogen) atoms. The molecule has 0 aliphatic rings. The second-order valence-electron chi connectivity index (χ2n) is 6.46. The van der Waals surface area contributed by atoms with Gasteiger partial charge in [0.05, 0.1) is 0 Å². The van der Waals surface area contributed by atoms with E-state index >= 15 is 0 Å². The fourth-order valence-corrected chi connectivity index (χ4v) is 2.44. The van der Waals surface area contributed by atoms with Crippen molar-refractivity contribution in [3.8, 4) is 5.75 Å². The number of benzene rings is 2. The molecule has 2 N–H and O–H groups in total. The molecule has 0 saturated carbocycles. The van der Waals surface area contributed by atoms with E-state index in [1.54, 1.807) is 27.2 Å². The highest BCUT2D eigenvalue weighted by molar-refractivity contribution is 5.79. The van der Waals surface area contributed by atoms with Gasteiger partial charge in [-0.15, -0.1) is 0 Å². The van der Waals surface area contributed by atoms with E-state index in [1.165, 1.54) is 17.0 Å². The van der Waals surface area contributed by atoms with Gasteiger partial charge in [-0.1, -0.05) is 24.3 Å². The summed E-state index contributed by atoms with van der Waals surface area (Å²) >= 11 is 0. The van der Waals surface area contributed by atoms with E-state index < -0.39 is 0 Å². The minimum absolute atomic E-state index is 0.00713. The molecule has 0 saturated heterocycles. The maximum atomic E-state index is 13.2. The van der Waals surface area contributed by atoms with Gasteiger partial charge >= 0.3 is 0 Å². The van der Waals surface area contributed by atoms with Gasteiger partial charge in [0.25, 0.3) is 5.91 Å². The number of amides is 1. The molecule has 0 aliphatic carbocycles. The number of nitrogens with one attached hydrogen (secondary N) is 2. The van der Waals surface area contributed by atoms with Gasteiger partial charge in [-0.3, -0.25) is 9.79 Å². The molecule has 0 spiro atoms. The Balaban J connectivity index is 1.79. The van der Waals surface area contributed by atoms with Crippen LogP contribution in [-0.4, -0.2) is 51.1 Å². The van der Waals surface area contributed by atoms with Crippen LogP contribution in [-0.2, 0) is 17.8 Å². The SMILES string of the molecule is CN=C(NCCc1cccc(F)c1)NCc1cccc(OCC(=O)N(C)C)c1. The van der Waals surface area contributed by atoms with Gasteiger partial charge in [0.1, 0.15) is 11.6 Å². The zero-order chi connectivity index (χ0) is 20.4. The number of hydrogen-bond acceptors (Lipinski definition) is 3. The normalized spacial score (nSPS) is 11.1. The molecule has 1 amide bonds. The molecule has 0 fully saturated rings. The van der Waals surface area contributed by atoms with Crippen molar-refractivity contribution < 1.29 is 13.9 Å². The first-order valence-electron chi connectivity index (χ1n) is 9.09. The summed E-state index contributed by atoms with van der Waals surface area (Å²) in [5.41, 5.74) is 1.93. The monoisotopic (exact) mass is 386 g/mol. The second kappa shape index (κ2) is 10.9. The Morgan fingerprint density at radius 2 is 1.86 bits per heavy atom. The number of guanidine groups is 1. The number of rotatable bonds is 8. The lowest BCUT2D eigenvalue weighted by molar-refractivity contribution is -0.130. The van der Waals surface area contributed by atoms with Crippen LogP contribution in [0.1, 0.15) is 11.1 Å². The summed E-state index contributed by atoms with van der Waals surface area (Å²) < 4.78 is 18.7. The van der Waals surface area contributed by atoms with Crippen LogP contribution in [0.15, 0.2) is 53.5 Å². The fourth-order valence-electron chi connectivity index (χ4n) is 2.44. The number of ether oxygens (including phenoxy) is 1. The van der Waals surface area contributed by atoms with E-state index in [9.17, 15) is 9.18 Å². The highest BCUT2D eigenvalue weighted by atomic mass is 19.1. The Morgan fingerprint density at radius 1 is 1.11 bits per heavy atom. The highest BCUT2D eigenvalue weighted by Crippen LogP contribution is 2.13. The van der Waals surface area contributed by atoms with Crippen molar-refractivity contribution in [3.63, 3.8) is 0 Å². The molecule has 2 aromatic rings. The number of hydrogen-bond donors (Lipinski definition) is 2. The van der Waals surface area contributed by atoms with Crippen LogP contribution in [0, 0.1) is 5.82 Å². The lowest BCUT2D eigenvalue weighted by Gasteiger charge is -2.14. The quantitative estimate of drug-likeness (QED) is 0.539. The maximum absolute atomic E-state index is 13.2. The fraction of sp³-hybridized carbons (Fsp3) is 0.333. The molecular weight excluding hydrogens is 359 g/mol. The molecule has 2 aromatic carbocycles. The van der Waals surface area contributed by atoms with Gasteiger partial charge in [-0.25, -0.2) is 4.39 Å². The Morgan fingerprint density at radius 3 is 2.57 bits per heavy atom. The van der Waals surface area contributed by atoms with Crippen molar-refractivity contribution in [1.29, 1.82) is 0 Å². The van der Waals surface area contributed by atoms with Gasteiger partial charge in [-0.05, 0) is 41.8 Å². The van der Waals surface area contributed by atoms with E-state index in [0.717, 1.165) is 11.1 Å². The first-order valence-corrected chi connectivity index (χ1v) is 9.09. The third-order valence-electron chi connectivity index (χ3n) is 4.04. The van der Waals surface area contributed by atoms with E-state index in [2.05, 4.69) is 15.6 Å². The van der Waals surface area contributed by atoms with E-state index in [0.29, 0.717) is 31.2 Å². The van der Waals surface area contributed by atoms with Crippen molar-refractivity contribution in [2.24, 2.45) is 4.99 Å². The molecule has 7 heteroatoms. The molecule has 0 radical (unpaired) electrons. The van der Waals surface area contributed by atoms with Gasteiger partial charge < -0.3 is 20.3 Å². The number of halogens is 1. The van der Waals surface area contributed by atoms with Gasteiger partial charge in [0.15, 0.2) is 12.6 Å². The summed E-state index contributed by atoms with van der Waals surface area (Å²) in [6.45, 7) is 1.20. The highest BCUT2D eigenvalue weighted by Gasteiger charge is 2.06. The van der Waals surface area contributed by atoms with Crippen LogP contribution >= 0.6 is 0 Å². The van der Waals surface area contributed by atoms with Crippen molar-refractivity contribution in [2.45, 2.75) is 13.0 Å². The number of likely N-dealkylation sites (N-methyl/N-ethyl adjacent to an activating group) is 1. The lowest BCUT2D eigenvalue weighted by atomic mass is 10.1. The van der Waals surface area contributed by atoms with Crippen LogP contribution < -0.4 is 15.4 Å². The summed E-state index contributed by atoms with van der Waals surface area (Å²) in [5.74, 6) is 0.981. The van der Waals surface area contributed by atoms with Crippen LogP contribution in [0.5, 0.6) is 5.75 Å². The lowest BCUT2D eigenvalue weighted by Crippen LogP contribution is -2.37. The van der Waals surface area contributed by atoms with E-state index in [1.807, 2.05) is 30.3 Å². The minimum atomic E-state index is -0.227. The van der Waals surface area contributed by atoms with Gasteiger partial charge in [0, 0.05) is 34.2 Å². The Hall–Kier alpha value is -3.09. The predicted molar refractivity (Wildman–Crippen MR) is 109 cm³/mol. The number of carbonyl (C=O) groups is 1. The Bertz CT molecular complexity index is 808. The zero-order valence-corrected chi connectivity index (χ0v) is 16.5. The van der Waals surface area contributed by atoms with Gasteiger partial charge in [0.2, 0.25) is 0 Å². The average molecular weight is 386 g/mol. The van der Waals surface area contributed by atoms with Crippen molar-refractivity contribution in [3.05, 3.63) is 65.5 Å². The van der Waals surface area contributed by atoms with Crippen molar-refractivity contribution in [2.75, 3.05) is 34.3 Å². The summed E-state index contributed by atoms with van der Waals surface area (Å²) in [6, 6.07) is 14.1. The summed E-state index contributed by atoms with van der Waals surface area (Å²) in [5, 5.41) is 6.44. The molecule has 0 unspecified atom stereocenters. The van der Waals surface area contributed by atoms with Crippen LogP contribution in [0.25, 0.3) is 0 Å². The maximum Gasteiger partial charge on any atom is 0.259 e. The Labute approximate surface area is 165 Å². The smallest absolute Gasteiger partial charge is 0.259 e. The number of aliphatic imine (C=N–C) groups is 1. The molecule has 150 valence electrons. The molecular formula is C21H27FN4O2. The summed E-state index contributed by atoms with van der Waals surface area (Å²) in [6.07, 6.45) is 0.696. The summed E-state index contributed by atoms with van der Waals surface area (Å²) in [7, 11) is 5.09. The van der Waals surface area contributed by atoms with Crippen LogP contribution in [0.3, 0.4) is 0 Å². The molecule has 0 bridgehead atoms.